The summed E-state index contributed by atoms with van der Waals surface area (Å²) < 4.78 is 5.86. The van der Waals surface area contributed by atoms with Gasteiger partial charge >= 0.3 is 0 Å². The van der Waals surface area contributed by atoms with Gasteiger partial charge in [-0.3, -0.25) is 4.90 Å². The lowest BCUT2D eigenvalue weighted by Gasteiger charge is -2.11. The van der Waals surface area contributed by atoms with Crippen LogP contribution in [0.25, 0.3) is 0 Å². The summed E-state index contributed by atoms with van der Waals surface area (Å²) in [5, 5.41) is 3.42. The normalized spacial score (nSPS) is 11.7. The van der Waals surface area contributed by atoms with Crippen LogP contribution in [0.1, 0.15) is 37.9 Å². The molecule has 0 atom stereocenters. The molecule has 1 rings (SSSR count). The van der Waals surface area contributed by atoms with Crippen LogP contribution in [0.4, 0.5) is 0 Å². The third kappa shape index (κ3) is 4.92. The smallest absolute Gasteiger partial charge is 0.120 e. The summed E-state index contributed by atoms with van der Waals surface area (Å²) in [7, 11) is 2.11. The third-order valence-electron chi connectivity index (χ3n) is 2.88. The average molecular weight is 238 g/mol. The molecule has 1 aromatic rings. The Morgan fingerprint density at radius 2 is 2.12 bits per heavy atom. The molecule has 0 saturated carbocycles. The van der Waals surface area contributed by atoms with E-state index < -0.39 is 0 Å². The molecule has 17 heavy (non-hydrogen) atoms. The minimum absolute atomic E-state index is 0.677. The molecule has 1 N–H and O–H groups in total. The van der Waals surface area contributed by atoms with E-state index >= 15 is 0 Å². The van der Waals surface area contributed by atoms with Crippen molar-refractivity contribution in [1.29, 1.82) is 0 Å². The second-order valence-electron chi connectivity index (χ2n) is 5.17. The first-order valence-corrected chi connectivity index (χ1v) is 6.50. The highest BCUT2D eigenvalue weighted by Gasteiger charge is 2.08. The molecule has 0 amide bonds. The molecule has 3 nitrogen and oxygen atoms in total. The lowest BCUT2D eigenvalue weighted by Crippen LogP contribution is -2.19. The molecule has 3 heteroatoms. The van der Waals surface area contributed by atoms with Gasteiger partial charge in [-0.1, -0.05) is 20.8 Å². The Labute approximate surface area is 105 Å². The summed E-state index contributed by atoms with van der Waals surface area (Å²) >= 11 is 0. The summed E-state index contributed by atoms with van der Waals surface area (Å²) in [4.78, 5) is 2.24. The maximum absolute atomic E-state index is 5.86. The van der Waals surface area contributed by atoms with Gasteiger partial charge in [-0.05, 0) is 44.6 Å². The molecule has 0 spiro atoms. The summed E-state index contributed by atoms with van der Waals surface area (Å²) in [5.41, 5.74) is 1.25. The van der Waals surface area contributed by atoms with E-state index in [0.717, 1.165) is 37.7 Å². The van der Waals surface area contributed by atoms with Crippen LogP contribution in [0.2, 0.25) is 0 Å². The van der Waals surface area contributed by atoms with Crippen LogP contribution in [0.15, 0.2) is 10.5 Å². The Morgan fingerprint density at radius 1 is 1.41 bits per heavy atom. The number of furan rings is 1. The second-order valence-corrected chi connectivity index (χ2v) is 5.17. The molecule has 0 fully saturated rings. The summed E-state index contributed by atoms with van der Waals surface area (Å²) in [5.74, 6) is 2.81. The Kier molecular flexibility index (Phi) is 5.72. The maximum atomic E-state index is 5.86. The highest BCUT2D eigenvalue weighted by molar-refractivity contribution is 5.20. The highest BCUT2D eigenvalue weighted by Crippen LogP contribution is 2.15. The molecule has 0 aliphatic rings. The number of hydrogen-bond acceptors (Lipinski definition) is 3. The SMILES string of the molecule is CCN(C)Cc1cc(C)c(CNCC(C)C)o1. The van der Waals surface area contributed by atoms with E-state index in [4.69, 9.17) is 4.42 Å². The molecule has 98 valence electrons. The van der Waals surface area contributed by atoms with Crippen LogP contribution in [0, 0.1) is 12.8 Å². The molecule has 0 aromatic carbocycles. The molecule has 0 bridgehead atoms. The minimum atomic E-state index is 0.677. The second kappa shape index (κ2) is 6.82. The van der Waals surface area contributed by atoms with E-state index in [1.54, 1.807) is 0 Å². The number of rotatable bonds is 7. The van der Waals surface area contributed by atoms with Crippen molar-refractivity contribution in [3.05, 3.63) is 23.2 Å². The molecule has 1 heterocycles. The maximum Gasteiger partial charge on any atom is 0.120 e. The van der Waals surface area contributed by atoms with Crippen molar-refractivity contribution in [2.24, 2.45) is 5.92 Å². The Balaban J connectivity index is 2.50. The summed E-state index contributed by atoms with van der Waals surface area (Å²) in [6.07, 6.45) is 0. The van der Waals surface area contributed by atoms with Crippen molar-refractivity contribution < 1.29 is 4.42 Å². The van der Waals surface area contributed by atoms with Crippen LogP contribution >= 0.6 is 0 Å². The first-order valence-electron chi connectivity index (χ1n) is 6.50. The van der Waals surface area contributed by atoms with Gasteiger partial charge in [0.15, 0.2) is 0 Å². The predicted octanol–water partition coefficient (Wildman–Crippen LogP) is 2.79. The average Bonchev–Trinajstić information content (AvgIpc) is 2.58. The first-order chi connectivity index (χ1) is 8.02. The van der Waals surface area contributed by atoms with Gasteiger partial charge in [0.25, 0.3) is 0 Å². The zero-order valence-electron chi connectivity index (χ0n) is 11.8. The van der Waals surface area contributed by atoms with Gasteiger partial charge in [0.1, 0.15) is 11.5 Å². The van der Waals surface area contributed by atoms with Crippen LogP contribution in [-0.4, -0.2) is 25.0 Å². The third-order valence-corrected chi connectivity index (χ3v) is 2.88. The molecule has 1 aromatic heterocycles. The van der Waals surface area contributed by atoms with Crippen molar-refractivity contribution in [3.8, 4) is 0 Å². The van der Waals surface area contributed by atoms with Crippen molar-refractivity contribution in [2.45, 2.75) is 40.8 Å². The van der Waals surface area contributed by atoms with E-state index in [1.165, 1.54) is 5.56 Å². The van der Waals surface area contributed by atoms with Gasteiger partial charge < -0.3 is 9.73 Å². The van der Waals surface area contributed by atoms with Crippen molar-refractivity contribution >= 4 is 0 Å². The number of nitrogens with one attached hydrogen (secondary N) is 1. The van der Waals surface area contributed by atoms with Gasteiger partial charge in [-0.2, -0.15) is 0 Å². The molecule has 0 radical (unpaired) electrons. The van der Waals surface area contributed by atoms with Gasteiger partial charge in [0.2, 0.25) is 0 Å². The van der Waals surface area contributed by atoms with Crippen molar-refractivity contribution in [3.63, 3.8) is 0 Å². The van der Waals surface area contributed by atoms with Crippen LogP contribution < -0.4 is 5.32 Å². The lowest BCUT2D eigenvalue weighted by atomic mass is 10.2. The Morgan fingerprint density at radius 3 is 2.71 bits per heavy atom. The molecule has 0 unspecified atom stereocenters. The quantitative estimate of drug-likeness (QED) is 0.792. The fourth-order valence-electron chi connectivity index (χ4n) is 1.70. The number of aryl methyl sites for hydroxylation is 1. The lowest BCUT2D eigenvalue weighted by molar-refractivity contribution is 0.302. The van der Waals surface area contributed by atoms with Crippen molar-refractivity contribution in [1.82, 2.24) is 10.2 Å². The molecular formula is C14H26N2O. The zero-order chi connectivity index (χ0) is 12.8. The predicted molar refractivity (Wildman–Crippen MR) is 72.0 cm³/mol. The van der Waals surface area contributed by atoms with Gasteiger partial charge in [-0.15, -0.1) is 0 Å². The highest BCUT2D eigenvalue weighted by atomic mass is 16.3. The molecule has 0 aliphatic heterocycles. The Bertz CT molecular complexity index is 331. The van der Waals surface area contributed by atoms with Gasteiger partial charge in [-0.25, -0.2) is 0 Å². The van der Waals surface area contributed by atoms with E-state index in [9.17, 15) is 0 Å². The Hall–Kier alpha value is -0.800. The van der Waals surface area contributed by atoms with Gasteiger partial charge in [0.05, 0.1) is 13.1 Å². The van der Waals surface area contributed by atoms with E-state index in [1.807, 2.05) is 0 Å². The fraction of sp³-hybridized carbons (Fsp3) is 0.714. The van der Waals surface area contributed by atoms with Crippen LogP contribution in [0.3, 0.4) is 0 Å². The van der Waals surface area contributed by atoms with Gasteiger partial charge in [0, 0.05) is 0 Å². The van der Waals surface area contributed by atoms with E-state index in [-0.39, 0.29) is 0 Å². The summed E-state index contributed by atoms with van der Waals surface area (Å²) in [6.45, 7) is 12.5. The summed E-state index contributed by atoms with van der Waals surface area (Å²) in [6, 6.07) is 2.15. The monoisotopic (exact) mass is 238 g/mol. The van der Waals surface area contributed by atoms with Crippen molar-refractivity contribution in [2.75, 3.05) is 20.1 Å². The zero-order valence-corrected chi connectivity index (χ0v) is 11.8. The largest absolute Gasteiger partial charge is 0.463 e. The first kappa shape index (κ1) is 14.3. The topological polar surface area (TPSA) is 28.4 Å². The van der Waals surface area contributed by atoms with Crippen LogP contribution in [-0.2, 0) is 13.1 Å². The fourth-order valence-corrected chi connectivity index (χ4v) is 1.70. The standard InChI is InChI=1S/C14H26N2O/c1-6-16(5)10-13-7-12(4)14(17-13)9-15-8-11(2)3/h7,11,15H,6,8-10H2,1-5H3. The van der Waals surface area contributed by atoms with E-state index in [2.05, 4.69) is 51.0 Å². The minimum Gasteiger partial charge on any atom is -0.463 e. The molecular weight excluding hydrogens is 212 g/mol. The molecule has 0 aliphatic carbocycles. The van der Waals surface area contributed by atoms with E-state index in [0.29, 0.717) is 5.92 Å². The van der Waals surface area contributed by atoms with Crippen LogP contribution in [0.5, 0.6) is 0 Å². The number of nitrogens with zero attached hydrogens (tertiary/aromatic N) is 1. The molecule has 0 saturated heterocycles. The number of hydrogen-bond donors (Lipinski definition) is 1.